The molecule has 0 saturated heterocycles. The molecule has 23 heavy (non-hydrogen) atoms. The lowest BCUT2D eigenvalue weighted by Crippen LogP contribution is -2.21. The summed E-state index contributed by atoms with van der Waals surface area (Å²) in [4.78, 5) is 12.0. The van der Waals surface area contributed by atoms with Crippen molar-refractivity contribution in [3.05, 3.63) is 58.1 Å². The number of anilines is 1. The van der Waals surface area contributed by atoms with Crippen LogP contribution in [0.25, 0.3) is 0 Å². The average molecular weight is 377 g/mol. The highest BCUT2D eigenvalue weighted by atomic mass is 79.9. The topological polar surface area (TPSA) is 50.4 Å². The van der Waals surface area contributed by atoms with Gasteiger partial charge in [-0.3, -0.25) is 4.79 Å². The Labute approximate surface area is 145 Å². The van der Waals surface area contributed by atoms with E-state index in [9.17, 15) is 4.79 Å². The zero-order valence-electron chi connectivity index (χ0n) is 13.4. The van der Waals surface area contributed by atoms with E-state index in [1.54, 1.807) is 7.11 Å². The fourth-order valence-electron chi connectivity index (χ4n) is 2.21. The second-order valence-corrected chi connectivity index (χ2v) is 6.12. The van der Waals surface area contributed by atoms with Gasteiger partial charge in [0.15, 0.2) is 0 Å². The van der Waals surface area contributed by atoms with Crippen LogP contribution in [-0.4, -0.2) is 19.6 Å². The maximum atomic E-state index is 12.0. The molecule has 5 heteroatoms. The molecular formula is C18H21BrN2O2. The number of para-hydroxylation sites is 1. The van der Waals surface area contributed by atoms with E-state index < -0.39 is 0 Å². The number of amides is 1. The Morgan fingerprint density at radius 3 is 2.74 bits per heavy atom. The second kappa shape index (κ2) is 8.70. The van der Waals surface area contributed by atoms with Gasteiger partial charge in [0.25, 0.3) is 0 Å². The summed E-state index contributed by atoms with van der Waals surface area (Å²) < 4.78 is 6.20. The van der Waals surface area contributed by atoms with Gasteiger partial charge in [-0.05, 0) is 46.6 Å². The predicted molar refractivity (Wildman–Crippen MR) is 96.8 cm³/mol. The van der Waals surface area contributed by atoms with E-state index in [-0.39, 0.29) is 5.91 Å². The van der Waals surface area contributed by atoms with Crippen molar-refractivity contribution < 1.29 is 9.53 Å². The van der Waals surface area contributed by atoms with Gasteiger partial charge in [0.2, 0.25) is 5.91 Å². The van der Waals surface area contributed by atoms with E-state index in [4.69, 9.17) is 4.74 Å². The van der Waals surface area contributed by atoms with Gasteiger partial charge in [0, 0.05) is 29.5 Å². The minimum atomic E-state index is -0.0120. The van der Waals surface area contributed by atoms with Gasteiger partial charge in [-0.15, -0.1) is 0 Å². The number of hydrogen-bond donors (Lipinski definition) is 2. The van der Waals surface area contributed by atoms with Gasteiger partial charge in [0.05, 0.1) is 12.8 Å². The van der Waals surface area contributed by atoms with E-state index >= 15 is 0 Å². The molecule has 2 aromatic rings. The van der Waals surface area contributed by atoms with Crippen molar-refractivity contribution in [1.82, 2.24) is 5.32 Å². The zero-order chi connectivity index (χ0) is 16.7. The Morgan fingerprint density at radius 1 is 1.22 bits per heavy atom. The zero-order valence-corrected chi connectivity index (χ0v) is 14.9. The molecule has 0 bridgehead atoms. The van der Waals surface area contributed by atoms with Crippen LogP contribution >= 0.6 is 15.9 Å². The summed E-state index contributed by atoms with van der Waals surface area (Å²) in [6, 6.07) is 13.7. The Balaban J connectivity index is 1.76. The van der Waals surface area contributed by atoms with Gasteiger partial charge in [-0.2, -0.15) is 0 Å². The van der Waals surface area contributed by atoms with E-state index in [0.717, 1.165) is 27.0 Å². The number of rotatable bonds is 7. The summed E-state index contributed by atoms with van der Waals surface area (Å²) >= 11 is 3.46. The minimum absolute atomic E-state index is 0.0120. The Hall–Kier alpha value is -1.85. The molecule has 122 valence electrons. The molecule has 0 spiro atoms. The van der Waals surface area contributed by atoms with Crippen LogP contribution in [-0.2, 0) is 11.3 Å². The van der Waals surface area contributed by atoms with Crippen LogP contribution in [0.3, 0.4) is 0 Å². The molecular weight excluding hydrogens is 356 g/mol. The van der Waals surface area contributed by atoms with E-state index in [1.165, 1.54) is 0 Å². The summed E-state index contributed by atoms with van der Waals surface area (Å²) in [7, 11) is 1.66. The molecule has 0 saturated carbocycles. The van der Waals surface area contributed by atoms with Crippen LogP contribution in [0.2, 0.25) is 0 Å². The monoisotopic (exact) mass is 376 g/mol. The van der Waals surface area contributed by atoms with Crippen LogP contribution in [0, 0.1) is 6.92 Å². The molecule has 0 aliphatic carbocycles. The summed E-state index contributed by atoms with van der Waals surface area (Å²) in [6.07, 6.45) is 0.412. The summed E-state index contributed by atoms with van der Waals surface area (Å²) in [5.41, 5.74) is 3.02. The van der Waals surface area contributed by atoms with Crippen LogP contribution in [0.1, 0.15) is 17.5 Å². The van der Waals surface area contributed by atoms with Crippen molar-refractivity contribution in [1.29, 1.82) is 0 Å². The number of benzene rings is 2. The summed E-state index contributed by atoms with van der Waals surface area (Å²) in [6.45, 7) is 3.29. The fourth-order valence-corrected chi connectivity index (χ4v) is 2.80. The lowest BCUT2D eigenvalue weighted by Gasteiger charge is -2.10. The Morgan fingerprint density at radius 2 is 2.00 bits per heavy atom. The standard InChI is InChI=1S/C18H21BrN2O2/c1-13-7-8-16(15(19)11-13)21-18(22)9-10-20-12-14-5-3-4-6-17(14)23-2/h3-8,11,20H,9-10,12H2,1-2H3,(H,21,22). The van der Waals surface area contributed by atoms with Crippen LogP contribution in [0.5, 0.6) is 5.75 Å². The molecule has 2 rings (SSSR count). The molecule has 0 atom stereocenters. The van der Waals surface area contributed by atoms with Gasteiger partial charge < -0.3 is 15.4 Å². The first-order valence-corrected chi connectivity index (χ1v) is 8.28. The van der Waals surface area contributed by atoms with Crippen molar-refractivity contribution in [2.45, 2.75) is 19.9 Å². The molecule has 0 radical (unpaired) electrons. The lowest BCUT2D eigenvalue weighted by molar-refractivity contribution is -0.116. The highest BCUT2D eigenvalue weighted by molar-refractivity contribution is 9.10. The number of methoxy groups -OCH3 is 1. The van der Waals surface area contributed by atoms with Crippen LogP contribution < -0.4 is 15.4 Å². The molecule has 0 aromatic heterocycles. The Kier molecular flexibility index (Phi) is 6.62. The molecule has 2 aromatic carbocycles. The van der Waals surface area contributed by atoms with Gasteiger partial charge in [0.1, 0.15) is 5.75 Å². The molecule has 0 unspecified atom stereocenters. The SMILES string of the molecule is COc1ccccc1CNCCC(=O)Nc1ccc(C)cc1Br. The number of carbonyl (C=O) groups is 1. The van der Waals surface area contributed by atoms with Gasteiger partial charge in [-0.1, -0.05) is 24.3 Å². The van der Waals surface area contributed by atoms with Gasteiger partial charge >= 0.3 is 0 Å². The number of halogens is 1. The number of carbonyl (C=O) groups excluding carboxylic acids is 1. The highest BCUT2D eigenvalue weighted by Crippen LogP contribution is 2.23. The molecule has 4 nitrogen and oxygen atoms in total. The minimum Gasteiger partial charge on any atom is -0.496 e. The third kappa shape index (κ3) is 5.37. The number of ether oxygens (including phenoxy) is 1. The molecule has 0 heterocycles. The second-order valence-electron chi connectivity index (χ2n) is 5.27. The maximum Gasteiger partial charge on any atom is 0.225 e. The highest BCUT2D eigenvalue weighted by Gasteiger charge is 2.06. The van der Waals surface area contributed by atoms with Crippen LogP contribution in [0.4, 0.5) is 5.69 Å². The third-order valence-corrected chi connectivity index (χ3v) is 4.09. The van der Waals surface area contributed by atoms with Crippen molar-refractivity contribution in [2.24, 2.45) is 0 Å². The number of aryl methyl sites for hydroxylation is 1. The molecule has 2 N–H and O–H groups in total. The first-order valence-electron chi connectivity index (χ1n) is 7.49. The fraction of sp³-hybridized carbons (Fsp3) is 0.278. The van der Waals surface area contributed by atoms with Crippen molar-refractivity contribution in [3.63, 3.8) is 0 Å². The third-order valence-electron chi connectivity index (χ3n) is 3.44. The van der Waals surface area contributed by atoms with Gasteiger partial charge in [-0.25, -0.2) is 0 Å². The lowest BCUT2D eigenvalue weighted by atomic mass is 10.2. The smallest absolute Gasteiger partial charge is 0.225 e. The molecule has 1 amide bonds. The number of nitrogens with one attached hydrogen (secondary N) is 2. The van der Waals surface area contributed by atoms with E-state index in [2.05, 4.69) is 26.6 Å². The first-order chi connectivity index (χ1) is 11.1. The normalized spacial score (nSPS) is 10.4. The van der Waals surface area contributed by atoms with Crippen molar-refractivity contribution in [2.75, 3.05) is 19.0 Å². The molecule has 0 aliphatic rings. The quantitative estimate of drug-likeness (QED) is 0.720. The summed E-state index contributed by atoms with van der Waals surface area (Å²) in [5.74, 6) is 0.843. The molecule has 0 aliphatic heterocycles. The van der Waals surface area contributed by atoms with E-state index in [0.29, 0.717) is 19.5 Å². The number of hydrogen-bond acceptors (Lipinski definition) is 3. The maximum absolute atomic E-state index is 12.0. The molecule has 0 fully saturated rings. The van der Waals surface area contributed by atoms with Crippen molar-refractivity contribution in [3.8, 4) is 5.75 Å². The van der Waals surface area contributed by atoms with E-state index in [1.807, 2.05) is 49.4 Å². The average Bonchev–Trinajstić information content (AvgIpc) is 2.54. The largest absolute Gasteiger partial charge is 0.496 e. The predicted octanol–water partition coefficient (Wildman–Crippen LogP) is 3.88. The summed E-state index contributed by atoms with van der Waals surface area (Å²) in [5, 5.41) is 6.17. The van der Waals surface area contributed by atoms with Crippen LogP contribution in [0.15, 0.2) is 46.9 Å². The van der Waals surface area contributed by atoms with Crippen molar-refractivity contribution >= 4 is 27.5 Å². The Bertz CT molecular complexity index is 674. The first kappa shape index (κ1) is 17.5.